The first-order chi connectivity index (χ1) is 6.41. The van der Waals surface area contributed by atoms with Gasteiger partial charge in [-0.15, -0.1) is 0 Å². The van der Waals surface area contributed by atoms with Crippen LogP contribution in [-0.2, 0) is 13.3 Å². The fourth-order valence-corrected chi connectivity index (χ4v) is 1.54. The maximum atomic E-state index is 4.74. The van der Waals surface area contributed by atoms with Crippen LogP contribution in [0.2, 0.25) is 0 Å². The summed E-state index contributed by atoms with van der Waals surface area (Å²) in [6.07, 6.45) is 1.28. The Hall–Kier alpha value is 0.0569. The predicted molar refractivity (Wildman–Crippen MR) is 61.4 cm³/mol. The van der Waals surface area contributed by atoms with Gasteiger partial charge >= 0.3 is 9.53 Å². The molecule has 88 valence electrons. The van der Waals surface area contributed by atoms with Gasteiger partial charge in [0.2, 0.25) is 0 Å². The van der Waals surface area contributed by atoms with Gasteiger partial charge in [0.25, 0.3) is 0 Å². The molecule has 0 saturated carbocycles. The number of quaternary nitrogens is 1. The van der Waals surface area contributed by atoms with Crippen LogP contribution in [0.4, 0.5) is 0 Å². The molecule has 0 aliphatic rings. The highest BCUT2D eigenvalue weighted by Crippen LogP contribution is 1.90. The minimum Gasteiger partial charge on any atom is -0.379 e. The molecule has 0 heterocycles. The van der Waals surface area contributed by atoms with E-state index in [0.717, 1.165) is 4.48 Å². The molecule has 0 N–H and O–H groups in total. The normalized spacial score (nSPS) is 11.1. The summed E-state index contributed by atoms with van der Waals surface area (Å²) in [5, 5.41) is 0. The zero-order valence-corrected chi connectivity index (χ0v) is 11.8. The summed E-state index contributed by atoms with van der Waals surface area (Å²) in [5.41, 5.74) is 0. The lowest BCUT2D eigenvalue weighted by molar-refractivity contribution is -0.870. The van der Waals surface area contributed by atoms with Crippen LogP contribution in [0.1, 0.15) is 13.3 Å². The van der Waals surface area contributed by atoms with Crippen LogP contribution in [-0.4, -0.2) is 63.0 Å². The maximum Gasteiger partial charge on any atom is 0.483 e. The lowest BCUT2D eigenvalue weighted by atomic mass is 10.4. The minimum absolute atomic E-state index is 1.09. The van der Waals surface area contributed by atoms with Crippen LogP contribution >= 0.6 is 0 Å². The van der Waals surface area contributed by atoms with E-state index < -0.39 is 9.53 Å². The summed E-state index contributed by atoms with van der Waals surface area (Å²) < 4.78 is 15.3. The van der Waals surface area contributed by atoms with Crippen molar-refractivity contribution in [2.24, 2.45) is 0 Å². The molecular formula is C9H26NO3Si+. The van der Waals surface area contributed by atoms with Crippen LogP contribution in [0.25, 0.3) is 0 Å². The highest BCUT2D eigenvalue weighted by atomic mass is 28.3. The summed E-state index contributed by atoms with van der Waals surface area (Å²) in [7, 11) is 9.68. The van der Waals surface area contributed by atoms with Crippen molar-refractivity contribution in [2.45, 2.75) is 13.3 Å². The molecule has 0 fully saturated rings. The average molecular weight is 224 g/mol. The summed E-state index contributed by atoms with van der Waals surface area (Å²) >= 11 is 0. The second-order valence-corrected chi connectivity index (χ2v) is 6.00. The first-order valence-corrected chi connectivity index (χ1v) is 6.21. The smallest absolute Gasteiger partial charge is 0.379 e. The number of nitrogens with zero attached hydrogens (tertiary/aromatic N) is 1. The molecule has 0 aromatic heterocycles. The Morgan fingerprint density at radius 1 is 0.929 bits per heavy atom. The van der Waals surface area contributed by atoms with E-state index in [1.54, 1.807) is 21.3 Å². The summed E-state index contributed by atoms with van der Waals surface area (Å²) in [4.78, 5) is 0. The van der Waals surface area contributed by atoms with Crippen molar-refractivity contribution in [3.63, 3.8) is 0 Å². The van der Waals surface area contributed by atoms with Gasteiger partial charge in [-0.25, -0.2) is 0 Å². The molecule has 14 heavy (non-hydrogen) atoms. The van der Waals surface area contributed by atoms with Gasteiger partial charge in [-0.1, -0.05) is 6.92 Å². The standard InChI is InChI=1S/C6H16N.C3H10O3Si/c1-5-6-7(2,3)4;1-4-7(5-2)6-3/h5-6H2,1-4H3;7H,1-3H3/q+1;. The van der Waals surface area contributed by atoms with E-state index >= 15 is 0 Å². The summed E-state index contributed by atoms with van der Waals surface area (Å²) in [6, 6.07) is 0. The van der Waals surface area contributed by atoms with Crippen molar-refractivity contribution in [1.29, 1.82) is 0 Å². The zero-order valence-electron chi connectivity index (χ0n) is 10.7. The van der Waals surface area contributed by atoms with Gasteiger partial charge in [0, 0.05) is 21.3 Å². The molecule has 5 heteroatoms. The van der Waals surface area contributed by atoms with Crippen LogP contribution in [0.3, 0.4) is 0 Å². The number of rotatable bonds is 5. The first kappa shape index (κ1) is 16.5. The Morgan fingerprint density at radius 2 is 1.29 bits per heavy atom. The molecule has 0 radical (unpaired) electrons. The third kappa shape index (κ3) is 14.6. The van der Waals surface area contributed by atoms with E-state index in [0.29, 0.717) is 0 Å². The quantitative estimate of drug-likeness (QED) is 0.509. The lowest BCUT2D eigenvalue weighted by Gasteiger charge is -2.22. The van der Waals surface area contributed by atoms with Crippen molar-refractivity contribution in [3.05, 3.63) is 0 Å². The van der Waals surface area contributed by atoms with Gasteiger partial charge in [-0.3, -0.25) is 0 Å². The molecule has 0 amide bonds. The third-order valence-electron chi connectivity index (χ3n) is 1.47. The van der Waals surface area contributed by atoms with Crippen LogP contribution in [0, 0.1) is 0 Å². The molecule has 0 atom stereocenters. The van der Waals surface area contributed by atoms with Crippen molar-refractivity contribution in [1.82, 2.24) is 0 Å². The van der Waals surface area contributed by atoms with Crippen LogP contribution < -0.4 is 0 Å². The van der Waals surface area contributed by atoms with Gasteiger partial charge in [0.15, 0.2) is 0 Å². The van der Waals surface area contributed by atoms with Crippen LogP contribution in [0.5, 0.6) is 0 Å². The topological polar surface area (TPSA) is 27.7 Å². The molecule has 0 aliphatic carbocycles. The molecule has 4 nitrogen and oxygen atoms in total. The van der Waals surface area contributed by atoms with E-state index in [9.17, 15) is 0 Å². The summed E-state index contributed by atoms with van der Waals surface area (Å²) in [6.45, 7) is 3.49. The molecule has 0 aromatic carbocycles. The van der Waals surface area contributed by atoms with Crippen molar-refractivity contribution in [3.8, 4) is 0 Å². The van der Waals surface area contributed by atoms with E-state index in [1.807, 2.05) is 0 Å². The van der Waals surface area contributed by atoms with E-state index in [2.05, 4.69) is 28.1 Å². The van der Waals surface area contributed by atoms with E-state index in [1.165, 1.54) is 13.0 Å². The molecule has 0 aliphatic heterocycles. The number of hydrogen-bond donors (Lipinski definition) is 0. The Bertz CT molecular complexity index is 108. The second-order valence-electron chi connectivity index (χ2n) is 4.01. The fourth-order valence-electron chi connectivity index (χ4n) is 0.959. The van der Waals surface area contributed by atoms with Crippen molar-refractivity contribution >= 4 is 9.53 Å². The molecule has 0 rings (SSSR count). The van der Waals surface area contributed by atoms with Gasteiger partial charge < -0.3 is 17.8 Å². The average Bonchev–Trinajstić information content (AvgIpc) is 2.06. The molecule has 0 saturated heterocycles. The third-order valence-corrected chi connectivity index (χ3v) is 2.63. The second kappa shape index (κ2) is 9.61. The Kier molecular flexibility index (Phi) is 11.3. The van der Waals surface area contributed by atoms with E-state index in [4.69, 9.17) is 13.3 Å². The highest BCUT2D eigenvalue weighted by Gasteiger charge is 2.05. The molecule has 0 unspecified atom stereocenters. The Balaban J connectivity index is 0. The van der Waals surface area contributed by atoms with Crippen molar-refractivity contribution < 1.29 is 17.8 Å². The minimum atomic E-state index is -1.67. The largest absolute Gasteiger partial charge is 0.483 e. The molecule has 0 aromatic rings. The first-order valence-electron chi connectivity index (χ1n) is 4.80. The Labute approximate surface area is 90.3 Å². The zero-order chi connectivity index (χ0) is 11.6. The lowest BCUT2D eigenvalue weighted by Crippen LogP contribution is -2.34. The van der Waals surface area contributed by atoms with Crippen LogP contribution in [0.15, 0.2) is 0 Å². The summed E-state index contributed by atoms with van der Waals surface area (Å²) in [5.74, 6) is 0. The SMILES string of the molecule is CCC[N+](C)(C)C.CO[SiH](OC)OC. The molecule has 0 bridgehead atoms. The van der Waals surface area contributed by atoms with Gasteiger partial charge in [-0.05, 0) is 6.42 Å². The van der Waals surface area contributed by atoms with Gasteiger partial charge in [-0.2, -0.15) is 0 Å². The Morgan fingerprint density at radius 3 is 1.29 bits per heavy atom. The van der Waals surface area contributed by atoms with E-state index in [-0.39, 0.29) is 0 Å². The maximum absolute atomic E-state index is 4.74. The predicted octanol–water partition coefficient (Wildman–Crippen LogP) is 0.745. The van der Waals surface area contributed by atoms with Gasteiger partial charge in [0.1, 0.15) is 0 Å². The molecular weight excluding hydrogens is 198 g/mol. The monoisotopic (exact) mass is 224 g/mol. The molecule has 0 spiro atoms. The number of hydrogen-bond acceptors (Lipinski definition) is 3. The van der Waals surface area contributed by atoms with Gasteiger partial charge in [0.05, 0.1) is 27.7 Å². The van der Waals surface area contributed by atoms with Crippen molar-refractivity contribution in [2.75, 3.05) is 49.0 Å². The highest BCUT2D eigenvalue weighted by molar-refractivity contribution is 6.36. The fraction of sp³-hybridized carbons (Fsp3) is 1.00.